The number of hydrogen-bond acceptors (Lipinski definition) is 7. The summed E-state index contributed by atoms with van der Waals surface area (Å²) in [6, 6.07) is 5.76. The van der Waals surface area contributed by atoms with Gasteiger partial charge in [-0.3, -0.25) is 4.79 Å². The van der Waals surface area contributed by atoms with Crippen LogP contribution >= 0.6 is 0 Å². The second-order valence-corrected chi connectivity index (χ2v) is 13.4. The number of allylic oxidation sites excluding steroid dienone is 2. The van der Waals surface area contributed by atoms with E-state index >= 15 is 0 Å². The summed E-state index contributed by atoms with van der Waals surface area (Å²) < 4.78 is 0. The lowest BCUT2D eigenvalue weighted by atomic mass is 9.86. The molecule has 1 aliphatic rings. The molecule has 2 rings (SSSR count). The summed E-state index contributed by atoms with van der Waals surface area (Å²) in [5.74, 6) is 6.05. The van der Waals surface area contributed by atoms with Crippen LogP contribution in [0.1, 0.15) is 133 Å². The third-order valence-electron chi connectivity index (χ3n) is 9.29. The molecule has 1 heterocycles. The Bertz CT molecular complexity index is 1180. The molecule has 0 unspecified atom stereocenters. The van der Waals surface area contributed by atoms with Crippen LogP contribution in [0.3, 0.4) is 0 Å². The minimum atomic E-state index is -0.965. The molecule has 8 heteroatoms. The average Bonchev–Trinajstić information content (AvgIpc) is 3.06. The number of rotatable bonds is 22. The maximum absolute atomic E-state index is 11.0. The Labute approximate surface area is 289 Å². The molecule has 0 fully saturated rings. The van der Waals surface area contributed by atoms with Crippen molar-refractivity contribution in [3.63, 3.8) is 0 Å². The van der Waals surface area contributed by atoms with Crippen LogP contribution in [0.15, 0.2) is 41.5 Å². The zero-order chi connectivity index (χ0) is 35.1. The maximum Gasteiger partial charge on any atom is 0.303 e. The Morgan fingerprint density at radius 1 is 1.00 bits per heavy atom. The third kappa shape index (κ3) is 16.3. The summed E-state index contributed by atoms with van der Waals surface area (Å²) >= 11 is 0. The first-order valence-electron chi connectivity index (χ1n) is 18.4. The smallest absolute Gasteiger partial charge is 0.303 e. The molecule has 8 nitrogen and oxygen atoms in total. The Kier molecular flexibility index (Phi) is 21.3. The van der Waals surface area contributed by atoms with Crippen LogP contribution in [0, 0.1) is 11.8 Å². The van der Waals surface area contributed by atoms with E-state index < -0.39 is 24.3 Å². The van der Waals surface area contributed by atoms with E-state index in [1.165, 1.54) is 5.56 Å². The Balaban J connectivity index is 2.60. The van der Waals surface area contributed by atoms with Crippen LogP contribution in [0.25, 0.3) is 0 Å². The van der Waals surface area contributed by atoms with Gasteiger partial charge in [-0.25, -0.2) is 0 Å². The molecule has 0 amide bonds. The number of benzene rings is 1. The summed E-state index contributed by atoms with van der Waals surface area (Å²) in [7, 11) is 0. The highest BCUT2D eigenvalue weighted by Crippen LogP contribution is 2.28. The van der Waals surface area contributed by atoms with Gasteiger partial charge in [0.25, 0.3) is 0 Å². The van der Waals surface area contributed by atoms with Gasteiger partial charge in [0.15, 0.2) is 0 Å². The van der Waals surface area contributed by atoms with E-state index in [1.54, 1.807) is 6.92 Å². The zero-order valence-corrected chi connectivity index (χ0v) is 29.5. The van der Waals surface area contributed by atoms with Gasteiger partial charge in [-0.2, -0.15) is 0 Å². The van der Waals surface area contributed by atoms with Gasteiger partial charge in [-0.15, -0.1) is 0 Å². The van der Waals surface area contributed by atoms with E-state index in [0.29, 0.717) is 38.5 Å². The van der Waals surface area contributed by atoms with Crippen LogP contribution in [-0.2, 0) is 17.6 Å². The third-order valence-corrected chi connectivity index (χ3v) is 9.29. The Morgan fingerprint density at radius 3 is 2.48 bits per heavy atom. The number of aliphatic carboxylic acids is 1. The summed E-state index contributed by atoms with van der Waals surface area (Å²) in [6.45, 7) is 3.71. The van der Waals surface area contributed by atoms with E-state index in [-0.39, 0.29) is 38.1 Å². The van der Waals surface area contributed by atoms with Crippen molar-refractivity contribution in [2.75, 3.05) is 13.2 Å². The highest BCUT2D eigenvalue weighted by molar-refractivity contribution is 5.66. The van der Waals surface area contributed by atoms with Crippen LogP contribution in [0.2, 0.25) is 0 Å². The normalized spacial score (nSPS) is 20.6. The lowest BCUT2D eigenvalue weighted by Gasteiger charge is -2.31. The predicted octanol–water partition coefficient (Wildman–Crippen LogP) is 5.75. The molecule has 7 N–H and O–H groups in total. The second kappa shape index (κ2) is 24.6. The van der Waals surface area contributed by atoms with Gasteiger partial charge in [-0.1, -0.05) is 94.1 Å². The molecule has 48 heavy (non-hydrogen) atoms. The number of fused-ring (bicyclic) bond motifs is 1. The fraction of sp³-hybridized carbons (Fsp3) is 0.675. The molecule has 270 valence electrons. The van der Waals surface area contributed by atoms with Crippen molar-refractivity contribution in [2.45, 2.75) is 160 Å². The van der Waals surface area contributed by atoms with Gasteiger partial charge in [0.05, 0.1) is 24.9 Å². The van der Waals surface area contributed by atoms with Crippen LogP contribution in [0.4, 0.5) is 0 Å². The van der Waals surface area contributed by atoms with Gasteiger partial charge >= 0.3 is 5.97 Å². The van der Waals surface area contributed by atoms with Crippen LogP contribution in [0.5, 0.6) is 0 Å². The Morgan fingerprint density at radius 2 is 1.77 bits per heavy atom. The average molecular weight is 670 g/mol. The van der Waals surface area contributed by atoms with Gasteiger partial charge in [0.2, 0.25) is 0 Å². The fourth-order valence-electron chi connectivity index (χ4n) is 6.41. The molecule has 1 aromatic rings. The molecular weight excluding hydrogens is 606 g/mol. The molecule has 0 bridgehead atoms. The van der Waals surface area contributed by atoms with Gasteiger partial charge < -0.3 is 36.0 Å². The monoisotopic (exact) mass is 669 g/mol. The first-order valence-corrected chi connectivity index (χ1v) is 18.4. The fourth-order valence-corrected chi connectivity index (χ4v) is 6.41. The number of hydrogen-bond donors (Lipinski definition) is 7. The number of aliphatic hydroxyl groups excluding tert-OH is 5. The van der Waals surface area contributed by atoms with Crippen molar-refractivity contribution in [3.8, 4) is 11.8 Å². The molecule has 0 aromatic heterocycles. The summed E-state index contributed by atoms with van der Waals surface area (Å²) in [6.07, 6.45) is 14.9. The minimum absolute atomic E-state index is 0.152. The number of carboxylic acids is 1. The van der Waals surface area contributed by atoms with E-state index in [1.807, 2.05) is 12.2 Å². The van der Waals surface area contributed by atoms with Crippen molar-refractivity contribution in [2.24, 2.45) is 0 Å². The van der Waals surface area contributed by atoms with Crippen LogP contribution < -0.4 is 5.32 Å². The lowest BCUT2D eigenvalue weighted by molar-refractivity contribution is -0.137. The quantitative estimate of drug-likeness (QED) is 0.0610. The lowest BCUT2D eigenvalue weighted by Crippen LogP contribution is -2.46. The number of unbranched alkanes of at least 4 members (excludes halogenated alkanes) is 7. The SMILES string of the molecule is CCCCC[C@H](O)/C=C/C1=C(\C[C@H](O)CO)[C@@H](CCCCCCC(=O)O)N[C@@H]([C@H](C)O)CC#Cc2c(CCCCCO)cccc2CC1. The highest BCUT2D eigenvalue weighted by Gasteiger charge is 2.26. The number of carboxylic acid groups (broad SMARTS) is 1. The first kappa shape index (κ1) is 41.7. The van der Waals surface area contributed by atoms with Crippen LogP contribution in [-0.4, -0.2) is 80.2 Å². The molecule has 1 aromatic carbocycles. The summed E-state index contributed by atoms with van der Waals surface area (Å²) in [4.78, 5) is 11.0. The molecule has 0 radical (unpaired) electrons. The number of nitrogens with one attached hydrogen (secondary N) is 1. The largest absolute Gasteiger partial charge is 0.481 e. The van der Waals surface area contributed by atoms with Crippen molar-refractivity contribution < 1.29 is 35.4 Å². The summed E-state index contributed by atoms with van der Waals surface area (Å²) in [5, 5.41) is 64.5. The molecular formula is C40H63NO7. The molecule has 0 spiro atoms. The van der Waals surface area contributed by atoms with E-state index in [2.05, 4.69) is 42.3 Å². The predicted molar refractivity (Wildman–Crippen MR) is 193 cm³/mol. The van der Waals surface area contributed by atoms with Gasteiger partial charge in [0.1, 0.15) is 0 Å². The number of aryl methyl sites for hydroxylation is 2. The van der Waals surface area contributed by atoms with Gasteiger partial charge in [-0.05, 0) is 87.0 Å². The summed E-state index contributed by atoms with van der Waals surface area (Å²) in [5.41, 5.74) is 5.29. The maximum atomic E-state index is 11.0. The molecule has 1 aliphatic heterocycles. The van der Waals surface area contributed by atoms with Crippen molar-refractivity contribution in [3.05, 3.63) is 58.2 Å². The first-order chi connectivity index (χ1) is 23.2. The molecule has 0 saturated heterocycles. The van der Waals surface area contributed by atoms with E-state index in [4.69, 9.17) is 5.11 Å². The molecule has 0 saturated carbocycles. The minimum Gasteiger partial charge on any atom is -0.481 e. The zero-order valence-electron chi connectivity index (χ0n) is 29.5. The Hall–Kier alpha value is -2.51. The van der Waals surface area contributed by atoms with Gasteiger partial charge in [0, 0.05) is 37.1 Å². The number of aliphatic hydroxyl groups is 5. The number of carbonyl (C=O) groups is 1. The molecule has 5 atom stereocenters. The van der Waals surface area contributed by atoms with E-state index in [0.717, 1.165) is 86.5 Å². The van der Waals surface area contributed by atoms with Crippen molar-refractivity contribution in [1.29, 1.82) is 0 Å². The topological polar surface area (TPSA) is 150 Å². The second-order valence-electron chi connectivity index (χ2n) is 13.4. The molecule has 0 aliphatic carbocycles. The van der Waals surface area contributed by atoms with Crippen molar-refractivity contribution >= 4 is 5.97 Å². The highest BCUT2D eigenvalue weighted by atomic mass is 16.4. The van der Waals surface area contributed by atoms with Crippen molar-refractivity contribution in [1.82, 2.24) is 5.32 Å². The standard InChI is InChI=1S/C40H63NO7/c1-3-4-8-18-34(45)26-25-33-24-23-32-17-13-16-31(15-9-7-12-27-42)36(32)19-14-21-38(30(2)44)41-39(37(33)28-35(46)29-43)20-10-5-6-11-22-40(47)48/h13,16-17,25-26,30,34-35,38-39,41-46H,3-12,15,18,20-24,27-29H2,1-2H3,(H,47,48)/b26-25+,37-33+/t30-,34-,35-,38+,39+/m0/s1. The van der Waals surface area contributed by atoms with E-state index in [9.17, 15) is 30.3 Å².